The van der Waals surface area contributed by atoms with E-state index < -0.39 is 0 Å². The fraction of sp³-hybridized carbons (Fsp3) is 0.444. The highest BCUT2D eigenvalue weighted by Gasteiger charge is 2.07. The van der Waals surface area contributed by atoms with Gasteiger partial charge >= 0.3 is 0 Å². The fourth-order valence-corrected chi connectivity index (χ4v) is 2.18. The molecule has 23 heavy (non-hydrogen) atoms. The Balaban J connectivity index is 2.23. The smallest absolute Gasteiger partial charge is 0.239 e. The number of unbranched alkanes of at least 4 members (excludes halogenated alkanes) is 1. The Morgan fingerprint density at radius 2 is 2.04 bits per heavy atom. The van der Waals surface area contributed by atoms with Crippen molar-refractivity contribution in [2.45, 2.75) is 19.3 Å². The number of amides is 1. The molecule has 1 aromatic carbocycles. The lowest BCUT2D eigenvalue weighted by atomic mass is 10.1. The predicted molar refractivity (Wildman–Crippen MR) is 96.6 cm³/mol. The molecule has 0 heterocycles. The highest BCUT2D eigenvalue weighted by Crippen LogP contribution is 1.98. The van der Waals surface area contributed by atoms with Crippen LogP contribution in [0, 0.1) is 0 Å². The molecule has 5 heteroatoms. The molecule has 0 saturated carbocycles. The van der Waals surface area contributed by atoms with E-state index in [1.54, 1.807) is 7.05 Å². The highest BCUT2D eigenvalue weighted by atomic mass is 16.1. The van der Waals surface area contributed by atoms with Crippen LogP contribution in [0.3, 0.4) is 0 Å². The molecule has 0 unspecified atom stereocenters. The Hall–Kier alpha value is -2.30. The number of hydrogen-bond acceptors (Lipinski definition) is 2. The molecule has 0 bridgehead atoms. The van der Waals surface area contributed by atoms with Gasteiger partial charge < -0.3 is 15.5 Å². The molecule has 0 spiro atoms. The summed E-state index contributed by atoms with van der Waals surface area (Å²) in [6.07, 6.45) is 4.73. The first-order valence-electron chi connectivity index (χ1n) is 8.00. The van der Waals surface area contributed by atoms with Gasteiger partial charge in [-0.05, 0) is 24.8 Å². The van der Waals surface area contributed by atoms with Gasteiger partial charge in [0, 0.05) is 27.2 Å². The van der Waals surface area contributed by atoms with Gasteiger partial charge in [0.1, 0.15) is 0 Å². The van der Waals surface area contributed by atoms with Gasteiger partial charge in [0.2, 0.25) is 5.91 Å². The normalized spacial score (nSPS) is 11.0. The number of nitrogens with zero attached hydrogens (tertiary/aromatic N) is 2. The Bertz CT molecular complexity index is 499. The Morgan fingerprint density at radius 3 is 2.70 bits per heavy atom. The van der Waals surface area contributed by atoms with E-state index in [4.69, 9.17) is 0 Å². The summed E-state index contributed by atoms with van der Waals surface area (Å²) in [4.78, 5) is 18.1. The molecule has 1 amide bonds. The number of guanidine groups is 1. The Morgan fingerprint density at radius 1 is 1.30 bits per heavy atom. The lowest BCUT2D eigenvalue weighted by Crippen LogP contribution is -2.44. The fourth-order valence-electron chi connectivity index (χ4n) is 2.18. The van der Waals surface area contributed by atoms with E-state index in [-0.39, 0.29) is 12.5 Å². The van der Waals surface area contributed by atoms with Crippen LogP contribution >= 0.6 is 0 Å². The van der Waals surface area contributed by atoms with E-state index in [1.807, 2.05) is 36.2 Å². The van der Waals surface area contributed by atoms with Crippen molar-refractivity contribution in [3.05, 3.63) is 48.6 Å². The van der Waals surface area contributed by atoms with E-state index >= 15 is 0 Å². The third-order valence-electron chi connectivity index (χ3n) is 3.46. The van der Waals surface area contributed by atoms with Crippen molar-refractivity contribution >= 4 is 11.9 Å². The average Bonchev–Trinajstić information content (AvgIpc) is 2.56. The van der Waals surface area contributed by atoms with Crippen LogP contribution in [0.15, 0.2) is 48.0 Å². The summed E-state index contributed by atoms with van der Waals surface area (Å²) in [6, 6.07) is 10.1. The summed E-state index contributed by atoms with van der Waals surface area (Å²) < 4.78 is 0. The van der Waals surface area contributed by atoms with E-state index in [9.17, 15) is 4.79 Å². The number of hydrogen-bond donors (Lipinski definition) is 2. The van der Waals surface area contributed by atoms with Crippen LogP contribution in [0.5, 0.6) is 0 Å². The first-order chi connectivity index (χ1) is 11.2. The van der Waals surface area contributed by atoms with Crippen molar-refractivity contribution in [1.82, 2.24) is 15.5 Å². The maximum absolute atomic E-state index is 11.9. The van der Waals surface area contributed by atoms with Crippen LogP contribution < -0.4 is 10.6 Å². The molecular weight excluding hydrogens is 288 g/mol. The first-order valence-corrected chi connectivity index (χ1v) is 8.00. The molecule has 0 fully saturated rings. The summed E-state index contributed by atoms with van der Waals surface area (Å²) in [5.41, 5.74) is 1.22. The van der Waals surface area contributed by atoms with E-state index in [0.717, 1.165) is 31.8 Å². The molecule has 0 saturated heterocycles. The maximum Gasteiger partial charge on any atom is 0.239 e. The molecular formula is C18H28N4O. The van der Waals surface area contributed by atoms with Crippen molar-refractivity contribution in [3.63, 3.8) is 0 Å². The van der Waals surface area contributed by atoms with Crippen molar-refractivity contribution in [3.8, 4) is 0 Å². The molecule has 126 valence electrons. The number of carbonyl (C=O) groups excluding carboxylic acids is 1. The van der Waals surface area contributed by atoms with Crippen LogP contribution in [-0.2, 0) is 11.2 Å². The Labute approximate surface area is 139 Å². The zero-order valence-electron chi connectivity index (χ0n) is 14.2. The third-order valence-corrected chi connectivity index (χ3v) is 3.46. The first kappa shape index (κ1) is 18.7. The third kappa shape index (κ3) is 8.04. The van der Waals surface area contributed by atoms with Crippen molar-refractivity contribution < 1.29 is 4.79 Å². The summed E-state index contributed by atoms with van der Waals surface area (Å²) >= 11 is 0. The van der Waals surface area contributed by atoms with Gasteiger partial charge in [-0.3, -0.25) is 9.79 Å². The van der Waals surface area contributed by atoms with Crippen molar-refractivity contribution in [2.75, 3.05) is 33.7 Å². The van der Waals surface area contributed by atoms with Crippen LogP contribution in [-0.4, -0.2) is 50.5 Å². The standard InChI is InChI=1S/C18H28N4O/c1-4-5-9-14-22(3)18(19-2)21-15-17(23)20-13-12-16-10-7-6-8-11-16/h4,6-8,10-11H,1,5,9,12-15H2,2-3H3,(H,19,21)(H,20,23). The topological polar surface area (TPSA) is 56.7 Å². The molecule has 0 atom stereocenters. The lowest BCUT2D eigenvalue weighted by Gasteiger charge is -2.21. The van der Waals surface area contributed by atoms with Gasteiger partial charge in [-0.2, -0.15) is 0 Å². The summed E-state index contributed by atoms with van der Waals surface area (Å²) in [7, 11) is 3.69. The molecule has 0 aromatic heterocycles. The van der Waals surface area contributed by atoms with Gasteiger partial charge in [-0.15, -0.1) is 6.58 Å². The largest absolute Gasteiger partial charge is 0.354 e. The molecule has 2 N–H and O–H groups in total. The molecule has 1 aromatic rings. The summed E-state index contributed by atoms with van der Waals surface area (Å²) in [5, 5.41) is 6.00. The number of allylic oxidation sites excluding steroid dienone is 1. The minimum Gasteiger partial charge on any atom is -0.354 e. The molecule has 1 rings (SSSR count). The molecule has 0 aliphatic heterocycles. The minimum absolute atomic E-state index is 0.0263. The Kier molecular flexibility index (Phi) is 9.20. The van der Waals surface area contributed by atoms with Crippen LogP contribution in [0.2, 0.25) is 0 Å². The second kappa shape index (κ2) is 11.3. The molecule has 0 aliphatic carbocycles. The SMILES string of the molecule is C=CCCCN(C)C(=NC)NCC(=O)NCCc1ccccc1. The van der Waals surface area contributed by atoms with Gasteiger partial charge in [-0.1, -0.05) is 36.4 Å². The van der Waals surface area contributed by atoms with Crippen molar-refractivity contribution in [1.29, 1.82) is 0 Å². The van der Waals surface area contributed by atoms with E-state index in [0.29, 0.717) is 6.54 Å². The van der Waals surface area contributed by atoms with Crippen LogP contribution in [0.1, 0.15) is 18.4 Å². The second-order valence-electron chi connectivity index (χ2n) is 5.34. The highest BCUT2D eigenvalue weighted by molar-refractivity contribution is 5.86. The van der Waals surface area contributed by atoms with Gasteiger partial charge in [0.05, 0.1) is 6.54 Å². The zero-order valence-corrected chi connectivity index (χ0v) is 14.2. The number of carbonyl (C=O) groups is 1. The molecule has 0 radical (unpaired) electrons. The van der Waals surface area contributed by atoms with Gasteiger partial charge in [0.15, 0.2) is 5.96 Å². The zero-order chi connectivity index (χ0) is 16.9. The minimum atomic E-state index is -0.0263. The number of rotatable bonds is 9. The summed E-state index contributed by atoms with van der Waals surface area (Å²) in [6.45, 7) is 5.46. The number of benzene rings is 1. The van der Waals surface area contributed by atoms with Crippen molar-refractivity contribution in [2.24, 2.45) is 4.99 Å². The molecule has 0 aliphatic rings. The molecule has 5 nitrogen and oxygen atoms in total. The van der Waals surface area contributed by atoms with Crippen LogP contribution in [0.4, 0.5) is 0 Å². The quantitative estimate of drug-likeness (QED) is 0.316. The summed E-state index contributed by atoms with van der Waals surface area (Å²) in [5.74, 6) is 0.703. The monoisotopic (exact) mass is 316 g/mol. The second-order valence-corrected chi connectivity index (χ2v) is 5.34. The van der Waals surface area contributed by atoms with E-state index in [2.05, 4.69) is 34.3 Å². The number of nitrogens with one attached hydrogen (secondary N) is 2. The average molecular weight is 316 g/mol. The van der Waals surface area contributed by atoms with E-state index in [1.165, 1.54) is 5.56 Å². The maximum atomic E-state index is 11.9. The van der Waals surface area contributed by atoms with Crippen LogP contribution in [0.25, 0.3) is 0 Å². The predicted octanol–water partition coefficient (Wildman–Crippen LogP) is 1.82. The number of aliphatic imine (C=N–C) groups is 1. The lowest BCUT2D eigenvalue weighted by molar-refractivity contribution is -0.120. The van der Waals surface area contributed by atoms with Gasteiger partial charge in [-0.25, -0.2) is 0 Å². The van der Waals surface area contributed by atoms with Gasteiger partial charge in [0.25, 0.3) is 0 Å².